The lowest BCUT2D eigenvalue weighted by molar-refractivity contribution is 0.330. The molecule has 2 aromatic rings. The summed E-state index contributed by atoms with van der Waals surface area (Å²) in [5.74, 6) is 0.428. The van der Waals surface area contributed by atoms with E-state index in [9.17, 15) is 8.42 Å². The van der Waals surface area contributed by atoms with Gasteiger partial charge < -0.3 is 4.74 Å². The normalized spacial score (nSPS) is 17.0. The molecule has 0 fully saturated rings. The van der Waals surface area contributed by atoms with Gasteiger partial charge in [-0.1, -0.05) is 18.2 Å². The van der Waals surface area contributed by atoms with Crippen molar-refractivity contribution in [1.82, 2.24) is 0 Å². The van der Waals surface area contributed by atoms with Crippen LogP contribution >= 0.6 is 0 Å². The smallest absolute Gasteiger partial charge is 0.268 e. The van der Waals surface area contributed by atoms with Crippen LogP contribution in [0, 0.1) is 13.8 Å². The Labute approximate surface area is 144 Å². The number of rotatable bonds is 4. The second kappa shape index (κ2) is 6.13. The van der Waals surface area contributed by atoms with Crippen LogP contribution in [0.1, 0.15) is 30.5 Å². The summed E-state index contributed by atoms with van der Waals surface area (Å²) in [6.07, 6.45) is 0.726. The minimum atomic E-state index is -3.69. The lowest BCUT2D eigenvalue weighted by atomic mass is 10.1. The molecular formula is C19H23NO3S. The number of hydrogen-bond donors (Lipinski definition) is 0. The van der Waals surface area contributed by atoms with Gasteiger partial charge in [0, 0.05) is 6.04 Å². The number of fused-ring (bicyclic) bond motifs is 1. The Morgan fingerprint density at radius 1 is 1.17 bits per heavy atom. The maximum Gasteiger partial charge on any atom is 0.268 e. The van der Waals surface area contributed by atoms with E-state index in [-0.39, 0.29) is 10.9 Å². The van der Waals surface area contributed by atoms with Gasteiger partial charge in [-0.2, -0.15) is 0 Å². The van der Waals surface area contributed by atoms with Gasteiger partial charge in [0.25, 0.3) is 10.0 Å². The molecule has 0 aromatic heterocycles. The molecule has 3 rings (SSSR count). The highest BCUT2D eigenvalue weighted by molar-refractivity contribution is 7.93. The molecule has 128 valence electrons. The Morgan fingerprint density at radius 3 is 2.54 bits per heavy atom. The van der Waals surface area contributed by atoms with Crippen molar-refractivity contribution in [1.29, 1.82) is 0 Å². The summed E-state index contributed by atoms with van der Waals surface area (Å²) >= 11 is 0. The van der Waals surface area contributed by atoms with E-state index in [1.54, 1.807) is 6.07 Å². The van der Waals surface area contributed by atoms with E-state index in [2.05, 4.69) is 0 Å². The molecule has 0 aliphatic carbocycles. The number of benzene rings is 2. The molecule has 0 bridgehead atoms. The van der Waals surface area contributed by atoms with Gasteiger partial charge in [-0.25, -0.2) is 8.42 Å². The monoisotopic (exact) mass is 345 g/mol. The third-order valence-electron chi connectivity index (χ3n) is 4.54. The largest absolute Gasteiger partial charge is 0.492 e. The van der Waals surface area contributed by atoms with Gasteiger partial charge in [0.2, 0.25) is 0 Å². The summed E-state index contributed by atoms with van der Waals surface area (Å²) in [5, 5.41) is 0. The summed E-state index contributed by atoms with van der Waals surface area (Å²) in [4.78, 5) is 0.246. The van der Waals surface area contributed by atoms with Crippen LogP contribution in [-0.4, -0.2) is 21.1 Å². The van der Waals surface area contributed by atoms with Crippen LogP contribution in [0.2, 0.25) is 0 Å². The highest BCUT2D eigenvalue weighted by Crippen LogP contribution is 2.39. The van der Waals surface area contributed by atoms with Gasteiger partial charge in [-0.3, -0.25) is 4.31 Å². The Bertz CT molecular complexity index is 874. The first kappa shape index (κ1) is 16.8. The summed E-state index contributed by atoms with van der Waals surface area (Å²) < 4.78 is 34.0. The molecule has 5 heteroatoms. The highest BCUT2D eigenvalue weighted by atomic mass is 32.2. The zero-order valence-electron chi connectivity index (χ0n) is 14.5. The van der Waals surface area contributed by atoms with Crippen LogP contribution in [0.15, 0.2) is 41.3 Å². The molecule has 1 atom stereocenters. The van der Waals surface area contributed by atoms with Crippen molar-refractivity contribution in [2.24, 2.45) is 0 Å². The fourth-order valence-corrected chi connectivity index (χ4v) is 5.14. The Kier molecular flexibility index (Phi) is 4.30. The van der Waals surface area contributed by atoms with Crippen LogP contribution in [0.4, 0.5) is 5.69 Å². The van der Waals surface area contributed by atoms with Crippen molar-refractivity contribution in [3.05, 3.63) is 53.1 Å². The number of aryl methyl sites for hydroxylation is 2. The number of anilines is 1. The average Bonchev–Trinajstić information content (AvgIpc) is 2.87. The van der Waals surface area contributed by atoms with Gasteiger partial charge in [0.05, 0.1) is 12.3 Å². The Balaban J connectivity index is 2.17. The lowest BCUT2D eigenvalue weighted by Gasteiger charge is -2.26. The third-order valence-corrected chi connectivity index (χ3v) is 6.49. The fourth-order valence-electron chi connectivity index (χ4n) is 3.24. The lowest BCUT2D eigenvalue weighted by Crippen LogP contribution is -2.36. The van der Waals surface area contributed by atoms with E-state index in [0.29, 0.717) is 12.4 Å². The molecule has 0 saturated heterocycles. The van der Waals surface area contributed by atoms with Gasteiger partial charge in [0.1, 0.15) is 10.6 Å². The topological polar surface area (TPSA) is 46.6 Å². The van der Waals surface area contributed by atoms with E-state index in [1.165, 1.54) is 4.31 Å². The maximum absolute atomic E-state index is 13.4. The highest BCUT2D eigenvalue weighted by Gasteiger charge is 2.37. The second-order valence-electron chi connectivity index (χ2n) is 6.30. The summed E-state index contributed by atoms with van der Waals surface area (Å²) in [6.45, 7) is 8.11. The third kappa shape index (κ3) is 2.67. The van der Waals surface area contributed by atoms with Gasteiger partial charge in [-0.15, -0.1) is 0 Å². The molecule has 1 heterocycles. The standard InChI is InChI=1S/C19H23NO3S/c1-5-23-18-10-13(2)14(3)11-19(18)24(21,22)20-15(4)12-16-8-6-7-9-17(16)20/h6-11,15H,5,12H2,1-4H3/t15-/m0/s1. The maximum atomic E-state index is 13.4. The van der Waals surface area contributed by atoms with E-state index in [4.69, 9.17) is 4.74 Å². The predicted octanol–water partition coefficient (Wildman–Crippen LogP) is 3.84. The molecule has 4 nitrogen and oxygen atoms in total. The first-order valence-electron chi connectivity index (χ1n) is 8.22. The van der Waals surface area contributed by atoms with Gasteiger partial charge in [0.15, 0.2) is 0 Å². The summed E-state index contributed by atoms with van der Waals surface area (Å²) in [5.41, 5.74) is 3.80. The Hall–Kier alpha value is -2.01. The molecule has 1 aliphatic heterocycles. The fraction of sp³-hybridized carbons (Fsp3) is 0.368. The minimum absolute atomic E-state index is 0.108. The van der Waals surface area contributed by atoms with Crippen LogP contribution in [0.25, 0.3) is 0 Å². The minimum Gasteiger partial charge on any atom is -0.492 e. The van der Waals surface area contributed by atoms with Crippen molar-refractivity contribution in [3.8, 4) is 5.75 Å². The molecule has 0 unspecified atom stereocenters. The van der Waals surface area contributed by atoms with Gasteiger partial charge >= 0.3 is 0 Å². The molecule has 0 saturated carbocycles. The molecule has 24 heavy (non-hydrogen) atoms. The zero-order valence-corrected chi connectivity index (χ0v) is 15.4. The van der Waals surface area contributed by atoms with Crippen molar-refractivity contribution in [2.45, 2.75) is 45.1 Å². The molecule has 0 amide bonds. The van der Waals surface area contributed by atoms with Crippen LogP contribution in [0.3, 0.4) is 0 Å². The quantitative estimate of drug-likeness (QED) is 0.846. The zero-order chi connectivity index (χ0) is 17.5. The van der Waals surface area contributed by atoms with Crippen molar-refractivity contribution >= 4 is 15.7 Å². The SMILES string of the molecule is CCOc1cc(C)c(C)cc1S(=O)(=O)N1c2ccccc2C[C@@H]1C. The average molecular weight is 345 g/mol. The van der Waals surface area contributed by atoms with Crippen molar-refractivity contribution < 1.29 is 13.2 Å². The van der Waals surface area contributed by atoms with Crippen LogP contribution < -0.4 is 9.04 Å². The van der Waals surface area contributed by atoms with E-state index < -0.39 is 10.0 Å². The van der Waals surface area contributed by atoms with E-state index >= 15 is 0 Å². The van der Waals surface area contributed by atoms with Gasteiger partial charge in [-0.05, 0) is 69.0 Å². The molecular weight excluding hydrogens is 322 g/mol. The number of ether oxygens (including phenoxy) is 1. The molecule has 2 aromatic carbocycles. The Morgan fingerprint density at radius 2 is 1.83 bits per heavy atom. The molecule has 0 N–H and O–H groups in total. The van der Waals surface area contributed by atoms with E-state index in [0.717, 1.165) is 28.8 Å². The predicted molar refractivity (Wildman–Crippen MR) is 96.4 cm³/mol. The van der Waals surface area contributed by atoms with Crippen LogP contribution in [0.5, 0.6) is 5.75 Å². The summed E-state index contributed by atoms with van der Waals surface area (Å²) in [6, 6.07) is 11.1. The van der Waals surface area contributed by atoms with Crippen molar-refractivity contribution in [3.63, 3.8) is 0 Å². The first-order chi connectivity index (χ1) is 11.4. The summed E-state index contributed by atoms with van der Waals surface area (Å²) in [7, 11) is -3.69. The molecule has 1 aliphatic rings. The first-order valence-corrected chi connectivity index (χ1v) is 9.66. The van der Waals surface area contributed by atoms with E-state index in [1.807, 2.05) is 58.0 Å². The second-order valence-corrected chi connectivity index (χ2v) is 8.08. The number of nitrogens with zero attached hydrogens (tertiary/aromatic N) is 1. The number of hydrogen-bond acceptors (Lipinski definition) is 3. The van der Waals surface area contributed by atoms with Crippen LogP contribution in [-0.2, 0) is 16.4 Å². The number of sulfonamides is 1. The van der Waals surface area contributed by atoms with Crippen molar-refractivity contribution in [2.75, 3.05) is 10.9 Å². The molecule has 0 spiro atoms. The molecule has 0 radical (unpaired) electrons. The number of para-hydroxylation sites is 1.